The SMILES string of the molecule is CC(C)O[C@H]1O[C@@H]2COC(C)(C)O[C@H]2C[C@H]1O. The van der Waals surface area contributed by atoms with Gasteiger partial charge in [0.2, 0.25) is 0 Å². The Bertz CT molecular complexity index is 266. The number of rotatable bonds is 2. The van der Waals surface area contributed by atoms with Gasteiger partial charge in [0.05, 0.1) is 18.8 Å². The molecule has 0 bridgehead atoms. The van der Waals surface area contributed by atoms with Crippen molar-refractivity contribution in [3.05, 3.63) is 0 Å². The summed E-state index contributed by atoms with van der Waals surface area (Å²) in [7, 11) is 0. The summed E-state index contributed by atoms with van der Waals surface area (Å²) in [5.74, 6) is -0.601. The van der Waals surface area contributed by atoms with E-state index in [4.69, 9.17) is 18.9 Å². The van der Waals surface area contributed by atoms with E-state index in [-0.39, 0.29) is 18.3 Å². The molecule has 0 aromatic rings. The van der Waals surface area contributed by atoms with Gasteiger partial charge in [0.1, 0.15) is 12.2 Å². The van der Waals surface area contributed by atoms with E-state index in [1.807, 2.05) is 27.7 Å². The zero-order valence-corrected chi connectivity index (χ0v) is 10.9. The highest BCUT2D eigenvalue weighted by Crippen LogP contribution is 2.32. The van der Waals surface area contributed by atoms with Crippen LogP contribution in [0.2, 0.25) is 0 Å². The molecule has 17 heavy (non-hydrogen) atoms. The lowest BCUT2D eigenvalue weighted by Crippen LogP contribution is -2.57. The van der Waals surface area contributed by atoms with Crippen molar-refractivity contribution in [2.24, 2.45) is 0 Å². The second-order valence-electron chi connectivity index (χ2n) is 5.40. The number of ether oxygens (including phenoxy) is 4. The van der Waals surface area contributed by atoms with Crippen LogP contribution < -0.4 is 0 Å². The minimum atomic E-state index is -0.646. The molecule has 2 rings (SSSR count). The molecule has 5 nitrogen and oxygen atoms in total. The predicted molar refractivity (Wildman–Crippen MR) is 60.4 cm³/mol. The van der Waals surface area contributed by atoms with Crippen molar-refractivity contribution in [1.82, 2.24) is 0 Å². The lowest BCUT2D eigenvalue weighted by Gasteiger charge is -2.46. The van der Waals surface area contributed by atoms with Crippen LogP contribution in [0.25, 0.3) is 0 Å². The monoisotopic (exact) mass is 246 g/mol. The maximum atomic E-state index is 9.96. The number of fused-ring (bicyclic) bond motifs is 1. The largest absolute Gasteiger partial charge is 0.388 e. The Morgan fingerprint density at radius 3 is 2.65 bits per heavy atom. The van der Waals surface area contributed by atoms with Gasteiger partial charge in [-0.1, -0.05) is 0 Å². The molecule has 2 heterocycles. The highest BCUT2D eigenvalue weighted by Gasteiger charge is 2.45. The van der Waals surface area contributed by atoms with Crippen LogP contribution in [0.5, 0.6) is 0 Å². The summed E-state index contributed by atoms with van der Waals surface area (Å²) in [6, 6.07) is 0. The van der Waals surface area contributed by atoms with Crippen molar-refractivity contribution in [2.75, 3.05) is 6.61 Å². The molecule has 0 radical (unpaired) electrons. The Morgan fingerprint density at radius 1 is 1.29 bits per heavy atom. The smallest absolute Gasteiger partial charge is 0.184 e. The quantitative estimate of drug-likeness (QED) is 0.789. The van der Waals surface area contributed by atoms with Crippen LogP contribution in [0, 0.1) is 0 Å². The van der Waals surface area contributed by atoms with Crippen LogP contribution in [0.3, 0.4) is 0 Å². The second kappa shape index (κ2) is 4.82. The minimum Gasteiger partial charge on any atom is -0.388 e. The van der Waals surface area contributed by atoms with Gasteiger partial charge in [0, 0.05) is 6.42 Å². The third-order valence-electron chi connectivity index (χ3n) is 2.95. The number of aliphatic hydroxyl groups is 1. The fourth-order valence-corrected chi connectivity index (χ4v) is 2.19. The molecule has 100 valence electrons. The van der Waals surface area contributed by atoms with Crippen molar-refractivity contribution in [3.8, 4) is 0 Å². The summed E-state index contributed by atoms with van der Waals surface area (Å²) in [5.41, 5.74) is 0. The minimum absolute atomic E-state index is 0.0214. The van der Waals surface area contributed by atoms with E-state index in [1.165, 1.54) is 0 Å². The molecule has 0 aromatic heterocycles. The lowest BCUT2D eigenvalue weighted by molar-refractivity contribution is -0.363. The topological polar surface area (TPSA) is 57.2 Å². The van der Waals surface area contributed by atoms with Crippen molar-refractivity contribution in [2.45, 2.75) is 70.6 Å². The maximum absolute atomic E-state index is 9.96. The van der Waals surface area contributed by atoms with Gasteiger partial charge in [-0.3, -0.25) is 0 Å². The summed E-state index contributed by atoms with van der Waals surface area (Å²) >= 11 is 0. The van der Waals surface area contributed by atoms with E-state index < -0.39 is 18.2 Å². The molecular formula is C12H22O5. The summed E-state index contributed by atoms with van der Waals surface area (Å²) in [4.78, 5) is 0. The molecule has 4 atom stereocenters. The zero-order chi connectivity index (χ0) is 12.6. The Hall–Kier alpha value is -0.200. The van der Waals surface area contributed by atoms with E-state index in [2.05, 4.69) is 0 Å². The number of aliphatic hydroxyl groups excluding tert-OH is 1. The molecule has 0 unspecified atom stereocenters. The standard InChI is InChI=1S/C12H22O5/c1-7(2)15-11-8(13)5-9-10(16-11)6-14-12(3,4)17-9/h7-11,13H,5-6H2,1-4H3/t8-,9+,10-,11+/m1/s1. The van der Waals surface area contributed by atoms with Gasteiger partial charge in [0.25, 0.3) is 0 Å². The molecule has 2 saturated heterocycles. The first-order valence-electron chi connectivity index (χ1n) is 6.18. The van der Waals surface area contributed by atoms with Crippen molar-refractivity contribution in [3.63, 3.8) is 0 Å². The van der Waals surface area contributed by atoms with E-state index in [0.717, 1.165) is 0 Å². The van der Waals surface area contributed by atoms with Gasteiger partial charge in [-0.2, -0.15) is 0 Å². The molecule has 0 aliphatic carbocycles. The molecule has 0 spiro atoms. The van der Waals surface area contributed by atoms with Crippen LogP contribution in [0.4, 0.5) is 0 Å². The fraction of sp³-hybridized carbons (Fsp3) is 1.00. The molecular weight excluding hydrogens is 224 g/mol. The Kier molecular flexibility index (Phi) is 3.75. The molecule has 0 saturated carbocycles. The van der Waals surface area contributed by atoms with Gasteiger partial charge >= 0.3 is 0 Å². The Balaban J connectivity index is 1.96. The first-order chi connectivity index (χ1) is 7.87. The van der Waals surface area contributed by atoms with Crippen LogP contribution in [0.1, 0.15) is 34.1 Å². The van der Waals surface area contributed by atoms with Crippen molar-refractivity contribution < 1.29 is 24.1 Å². The summed E-state index contributed by atoms with van der Waals surface area (Å²) in [6.45, 7) is 8.04. The molecule has 2 aliphatic rings. The molecule has 0 aromatic carbocycles. The van der Waals surface area contributed by atoms with Crippen molar-refractivity contribution >= 4 is 0 Å². The fourth-order valence-electron chi connectivity index (χ4n) is 2.19. The first kappa shape index (κ1) is 13.2. The Labute approximate surface area is 102 Å². The van der Waals surface area contributed by atoms with E-state index in [0.29, 0.717) is 13.0 Å². The maximum Gasteiger partial charge on any atom is 0.184 e. The van der Waals surface area contributed by atoms with Crippen LogP contribution in [0.15, 0.2) is 0 Å². The van der Waals surface area contributed by atoms with Gasteiger partial charge in [-0.25, -0.2) is 0 Å². The summed E-state index contributed by atoms with van der Waals surface area (Å²) in [5, 5.41) is 9.96. The molecule has 0 amide bonds. The molecule has 1 N–H and O–H groups in total. The highest BCUT2D eigenvalue weighted by atomic mass is 16.8. The molecule has 2 fully saturated rings. The van der Waals surface area contributed by atoms with Gasteiger partial charge in [-0.05, 0) is 27.7 Å². The third-order valence-corrected chi connectivity index (χ3v) is 2.95. The number of hydrogen-bond acceptors (Lipinski definition) is 5. The normalized spacial score (nSPS) is 41.3. The first-order valence-corrected chi connectivity index (χ1v) is 6.18. The van der Waals surface area contributed by atoms with E-state index in [1.54, 1.807) is 0 Å². The van der Waals surface area contributed by atoms with Crippen molar-refractivity contribution in [1.29, 1.82) is 0 Å². The lowest BCUT2D eigenvalue weighted by atomic mass is 10.0. The zero-order valence-electron chi connectivity index (χ0n) is 10.9. The van der Waals surface area contributed by atoms with E-state index >= 15 is 0 Å². The number of hydrogen-bond donors (Lipinski definition) is 1. The summed E-state index contributed by atoms with van der Waals surface area (Å²) < 4.78 is 22.5. The molecule has 5 heteroatoms. The highest BCUT2D eigenvalue weighted by molar-refractivity contribution is 4.86. The summed E-state index contributed by atoms with van der Waals surface area (Å²) in [6.07, 6.45) is -0.962. The van der Waals surface area contributed by atoms with Gasteiger partial charge < -0.3 is 24.1 Å². The van der Waals surface area contributed by atoms with Crippen LogP contribution in [-0.2, 0) is 18.9 Å². The average molecular weight is 246 g/mol. The Morgan fingerprint density at radius 2 is 2.00 bits per heavy atom. The van der Waals surface area contributed by atoms with Crippen LogP contribution >= 0.6 is 0 Å². The van der Waals surface area contributed by atoms with Crippen LogP contribution in [-0.4, -0.2) is 48.2 Å². The van der Waals surface area contributed by atoms with E-state index in [9.17, 15) is 5.11 Å². The molecule has 2 aliphatic heterocycles. The second-order valence-corrected chi connectivity index (χ2v) is 5.40. The predicted octanol–water partition coefficient (Wildman–Crippen LogP) is 1.04. The van der Waals surface area contributed by atoms with Gasteiger partial charge in [-0.15, -0.1) is 0 Å². The third kappa shape index (κ3) is 3.17. The van der Waals surface area contributed by atoms with Gasteiger partial charge in [0.15, 0.2) is 12.1 Å². The average Bonchev–Trinajstić information content (AvgIpc) is 2.18.